The Labute approximate surface area is 369 Å². The minimum atomic E-state index is 0.583. The number of rotatable bonds is 7. The van der Waals surface area contributed by atoms with Gasteiger partial charge in [0.1, 0.15) is 0 Å². The smallest absolute Gasteiger partial charge is 0.164 e. The molecular weight excluding hydrogens is 781 g/mol. The Kier molecular flexibility index (Phi) is 8.77. The van der Waals surface area contributed by atoms with Crippen molar-refractivity contribution in [1.29, 1.82) is 5.26 Å². The lowest BCUT2D eigenvalue weighted by Crippen LogP contribution is -2.02. The molecule has 0 N–H and O–H groups in total. The van der Waals surface area contributed by atoms with E-state index in [0.29, 0.717) is 23.0 Å². The van der Waals surface area contributed by atoms with E-state index < -0.39 is 0 Å². The number of hydrogen-bond acceptors (Lipinski definition) is 4. The van der Waals surface area contributed by atoms with Gasteiger partial charge in [0.2, 0.25) is 0 Å². The number of hydrogen-bond donors (Lipinski definition) is 0. The zero-order chi connectivity index (χ0) is 42.6. The first kappa shape index (κ1) is 36.9. The summed E-state index contributed by atoms with van der Waals surface area (Å²) in [5, 5.41) is 14.3. The van der Waals surface area contributed by atoms with Crippen molar-refractivity contribution in [3.8, 4) is 73.9 Å². The van der Waals surface area contributed by atoms with Gasteiger partial charge in [-0.25, -0.2) is 15.0 Å². The average Bonchev–Trinajstić information content (AvgIpc) is 3.89. The molecule has 9 aromatic carbocycles. The molecule has 0 aliphatic rings. The Balaban J connectivity index is 1.09. The maximum absolute atomic E-state index is 9.80. The van der Waals surface area contributed by atoms with Crippen molar-refractivity contribution in [3.63, 3.8) is 0 Å². The van der Waals surface area contributed by atoms with Crippen LogP contribution in [0.2, 0.25) is 0 Å². The summed E-state index contributed by atoms with van der Waals surface area (Å²) in [6.07, 6.45) is 0. The summed E-state index contributed by atoms with van der Waals surface area (Å²) in [6, 6.07) is 78.1. The molecule has 6 heteroatoms. The van der Waals surface area contributed by atoms with E-state index in [4.69, 9.17) is 15.0 Å². The van der Waals surface area contributed by atoms with Gasteiger partial charge in [-0.05, 0) is 76.9 Å². The molecule has 0 aliphatic heterocycles. The highest BCUT2D eigenvalue weighted by molar-refractivity contribution is 6.12. The number of benzene rings is 9. The number of aromatic nitrogens is 5. The van der Waals surface area contributed by atoms with Gasteiger partial charge in [-0.1, -0.05) is 164 Å². The van der Waals surface area contributed by atoms with Crippen molar-refractivity contribution in [1.82, 2.24) is 24.1 Å². The van der Waals surface area contributed by atoms with E-state index in [0.717, 1.165) is 93.9 Å². The van der Waals surface area contributed by atoms with E-state index >= 15 is 0 Å². The Morgan fingerprint density at radius 2 is 0.781 bits per heavy atom. The van der Waals surface area contributed by atoms with Crippen molar-refractivity contribution in [2.24, 2.45) is 0 Å². The topological polar surface area (TPSA) is 72.3 Å². The lowest BCUT2D eigenvalue weighted by molar-refractivity contribution is 1.07. The third-order valence-electron chi connectivity index (χ3n) is 12.2. The van der Waals surface area contributed by atoms with E-state index in [9.17, 15) is 5.26 Å². The van der Waals surface area contributed by atoms with Crippen LogP contribution in [0.3, 0.4) is 0 Å². The van der Waals surface area contributed by atoms with E-state index in [2.05, 4.69) is 179 Å². The summed E-state index contributed by atoms with van der Waals surface area (Å²) in [7, 11) is 0. The fourth-order valence-electron chi connectivity index (χ4n) is 9.21. The first-order chi connectivity index (χ1) is 31.7. The molecule has 64 heavy (non-hydrogen) atoms. The summed E-state index contributed by atoms with van der Waals surface area (Å²) in [5.74, 6) is 1.79. The van der Waals surface area contributed by atoms with E-state index in [1.165, 1.54) is 0 Å². The number of para-hydroxylation sites is 2. The molecule has 0 unspecified atom stereocenters. The van der Waals surface area contributed by atoms with Gasteiger partial charge in [-0.2, -0.15) is 5.26 Å². The quantitative estimate of drug-likeness (QED) is 0.161. The lowest BCUT2D eigenvalue weighted by atomic mass is 9.98. The molecule has 0 aliphatic carbocycles. The molecule has 0 atom stereocenters. The van der Waals surface area contributed by atoms with Gasteiger partial charge >= 0.3 is 0 Å². The van der Waals surface area contributed by atoms with Gasteiger partial charge < -0.3 is 9.13 Å². The second kappa shape index (κ2) is 15.2. The van der Waals surface area contributed by atoms with Gasteiger partial charge in [0.25, 0.3) is 0 Å². The van der Waals surface area contributed by atoms with Crippen LogP contribution in [-0.4, -0.2) is 24.1 Å². The molecule has 3 heterocycles. The molecule has 0 radical (unpaired) electrons. The molecular formula is C58H36N6. The molecule has 12 aromatic rings. The maximum Gasteiger partial charge on any atom is 0.164 e. The zero-order valence-corrected chi connectivity index (χ0v) is 34.5. The van der Waals surface area contributed by atoms with Crippen LogP contribution in [0.5, 0.6) is 0 Å². The highest BCUT2D eigenvalue weighted by atomic mass is 15.0. The highest BCUT2D eigenvalue weighted by Gasteiger charge is 2.21. The number of nitrogens with zero attached hydrogens (tertiary/aromatic N) is 6. The first-order valence-corrected chi connectivity index (χ1v) is 21.3. The standard InChI is InChI=1S/C58H36N6/c59-37-38-24-33-54-50(34-38)48-21-11-13-23-53(48)63(54)45-30-32-49-47-20-10-12-22-52(47)64(55(49)36-45)44-29-31-46(41-16-6-2-7-17-41)51(35-44)58-61-56(42-18-8-3-9-19-42)60-57(62-58)43-27-25-40(26-28-43)39-14-4-1-5-15-39/h1-36H. The fourth-order valence-corrected chi connectivity index (χ4v) is 9.21. The predicted octanol–water partition coefficient (Wildman–Crippen LogP) is 14.3. The first-order valence-electron chi connectivity index (χ1n) is 21.3. The molecule has 0 spiro atoms. The van der Waals surface area contributed by atoms with Crippen LogP contribution in [0.15, 0.2) is 218 Å². The number of fused-ring (bicyclic) bond motifs is 6. The third kappa shape index (κ3) is 6.22. The van der Waals surface area contributed by atoms with Crippen molar-refractivity contribution in [3.05, 3.63) is 224 Å². The average molecular weight is 817 g/mol. The molecule has 0 saturated carbocycles. The Morgan fingerprint density at radius 1 is 0.312 bits per heavy atom. The van der Waals surface area contributed by atoms with Crippen molar-refractivity contribution < 1.29 is 0 Å². The van der Waals surface area contributed by atoms with Gasteiger partial charge in [0, 0.05) is 49.6 Å². The van der Waals surface area contributed by atoms with Crippen molar-refractivity contribution >= 4 is 43.6 Å². The predicted molar refractivity (Wildman–Crippen MR) is 260 cm³/mol. The van der Waals surface area contributed by atoms with Crippen LogP contribution >= 0.6 is 0 Å². The van der Waals surface area contributed by atoms with Gasteiger partial charge in [0.15, 0.2) is 17.5 Å². The Bertz CT molecular complexity index is 3770. The fraction of sp³-hybridized carbons (Fsp3) is 0. The number of nitriles is 1. The maximum atomic E-state index is 9.80. The van der Waals surface area contributed by atoms with E-state index in [1.807, 2.05) is 54.6 Å². The Hall–Kier alpha value is -8.92. The van der Waals surface area contributed by atoms with Crippen molar-refractivity contribution in [2.75, 3.05) is 0 Å². The summed E-state index contributed by atoms with van der Waals surface area (Å²) < 4.78 is 4.66. The van der Waals surface area contributed by atoms with Crippen LogP contribution in [0.25, 0.3) is 111 Å². The minimum absolute atomic E-state index is 0.583. The summed E-state index contributed by atoms with van der Waals surface area (Å²) in [6.45, 7) is 0. The monoisotopic (exact) mass is 816 g/mol. The molecule has 6 nitrogen and oxygen atoms in total. The lowest BCUT2D eigenvalue weighted by Gasteiger charge is -2.16. The zero-order valence-electron chi connectivity index (χ0n) is 34.5. The summed E-state index contributed by atoms with van der Waals surface area (Å²) in [5.41, 5.74) is 14.0. The normalized spacial score (nSPS) is 11.4. The minimum Gasteiger partial charge on any atom is -0.309 e. The largest absolute Gasteiger partial charge is 0.309 e. The van der Waals surface area contributed by atoms with Gasteiger partial charge in [-0.3, -0.25) is 0 Å². The van der Waals surface area contributed by atoms with E-state index in [-0.39, 0.29) is 0 Å². The van der Waals surface area contributed by atoms with Crippen LogP contribution in [0, 0.1) is 11.3 Å². The van der Waals surface area contributed by atoms with Gasteiger partial charge in [0.05, 0.1) is 33.7 Å². The molecule has 0 fully saturated rings. The van der Waals surface area contributed by atoms with Crippen LogP contribution in [0.1, 0.15) is 5.56 Å². The van der Waals surface area contributed by atoms with Crippen LogP contribution < -0.4 is 0 Å². The summed E-state index contributed by atoms with van der Waals surface area (Å²) in [4.78, 5) is 15.7. The Morgan fingerprint density at radius 3 is 1.45 bits per heavy atom. The highest BCUT2D eigenvalue weighted by Crippen LogP contribution is 2.40. The second-order valence-electron chi connectivity index (χ2n) is 16.0. The van der Waals surface area contributed by atoms with Crippen LogP contribution in [0.4, 0.5) is 0 Å². The SMILES string of the molecule is N#Cc1ccc2c(c1)c1ccccc1n2-c1ccc2c3ccccc3n(-c3ccc(-c4ccccc4)c(-c4nc(-c5ccccc5)nc(-c5ccc(-c6ccccc6)cc5)n4)c3)c2c1. The molecule has 12 rings (SSSR count). The van der Waals surface area contributed by atoms with Crippen LogP contribution in [-0.2, 0) is 0 Å². The summed E-state index contributed by atoms with van der Waals surface area (Å²) >= 11 is 0. The van der Waals surface area contributed by atoms with E-state index in [1.54, 1.807) is 0 Å². The molecule has 298 valence electrons. The molecule has 0 saturated heterocycles. The van der Waals surface area contributed by atoms with Crippen molar-refractivity contribution in [2.45, 2.75) is 0 Å². The van der Waals surface area contributed by atoms with Gasteiger partial charge in [-0.15, -0.1) is 0 Å². The molecule has 3 aromatic heterocycles. The molecule has 0 amide bonds. The second-order valence-corrected chi connectivity index (χ2v) is 16.0. The third-order valence-corrected chi connectivity index (χ3v) is 12.2. The molecule has 0 bridgehead atoms.